The second kappa shape index (κ2) is 9.10. The number of aromatic nitrogens is 6. The van der Waals surface area contributed by atoms with Crippen molar-refractivity contribution in [3.8, 4) is 0 Å². The number of aliphatic imine (C=N–C) groups is 1. The molecule has 0 radical (unpaired) electrons. The van der Waals surface area contributed by atoms with E-state index in [1.807, 2.05) is 36.2 Å². The van der Waals surface area contributed by atoms with Crippen LogP contribution in [0.1, 0.15) is 29.7 Å². The van der Waals surface area contributed by atoms with Gasteiger partial charge in [0.05, 0.1) is 6.54 Å². The SMILES string of the molecule is C=CCNC(=NCc1nnc(C)n1C)NC1CCc2nc(C)nn2C1.I. The lowest BCUT2D eigenvalue weighted by Crippen LogP contribution is -2.47. The van der Waals surface area contributed by atoms with E-state index in [4.69, 9.17) is 0 Å². The van der Waals surface area contributed by atoms with Crippen LogP contribution in [0, 0.1) is 13.8 Å². The van der Waals surface area contributed by atoms with E-state index >= 15 is 0 Å². The maximum Gasteiger partial charge on any atom is 0.192 e. The summed E-state index contributed by atoms with van der Waals surface area (Å²) in [6.07, 6.45) is 3.72. The van der Waals surface area contributed by atoms with E-state index in [-0.39, 0.29) is 30.0 Å². The first-order valence-corrected chi connectivity index (χ1v) is 8.47. The van der Waals surface area contributed by atoms with Gasteiger partial charge in [-0.05, 0) is 20.3 Å². The molecule has 1 atom stereocenters. The minimum Gasteiger partial charge on any atom is -0.353 e. The molecule has 2 N–H and O–H groups in total. The van der Waals surface area contributed by atoms with Crippen molar-refractivity contribution in [3.05, 3.63) is 36.0 Å². The first-order chi connectivity index (χ1) is 12.1. The standard InChI is InChI=1S/C16H25N9.HI/c1-5-8-17-16(18-9-15-22-21-12(3)24(15)4)20-13-6-7-14-19-11(2)23-25(14)10-13;/h5,13H,1,6-10H2,2-4H3,(H2,17,18,20);1H. The van der Waals surface area contributed by atoms with Crippen molar-refractivity contribution in [2.45, 2.75) is 45.8 Å². The molecule has 1 aliphatic rings. The molecule has 0 bridgehead atoms. The van der Waals surface area contributed by atoms with Crippen LogP contribution in [0.4, 0.5) is 0 Å². The van der Waals surface area contributed by atoms with E-state index in [0.29, 0.717) is 13.1 Å². The summed E-state index contributed by atoms with van der Waals surface area (Å²) < 4.78 is 3.92. The molecule has 1 aliphatic heterocycles. The van der Waals surface area contributed by atoms with Crippen LogP contribution in [0.3, 0.4) is 0 Å². The fourth-order valence-electron chi connectivity index (χ4n) is 2.80. The van der Waals surface area contributed by atoms with Crippen molar-refractivity contribution in [2.24, 2.45) is 12.0 Å². The zero-order valence-electron chi connectivity index (χ0n) is 15.4. The van der Waals surface area contributed by atoms with Gasteiger partial charge >= 0.3 is 0 Å². The molecule has 0 amide bonds. The molecule has 9 nitrogen and oxygen atoms in total. The monoisotopic (exact) mass is 471 g/mol. The van der Waals surface area contributed by atoms with Crippen LogP contribution in [-0.2, 0) is 26.6 Å². The van der Waals surface area contributed by atoms with Gasteiger partial charge in [-0.2, -0.15) is 5.10 Å². The first kappa shape index (κ1) is 20.3. The molecule has 3 heterocycles. The third-order valence-electron chi connectivity index (χ3n) is 4.28. The summed E-state index contributed by atoms with van der Waals surface area (Å²) in [5, 5.41) is 19.4. The van der Waals surface area contributed by atoms with Crippen LogP contribution in [-0.4, -0.2) is 48.1 Å². The Morgan fingerprint density at radius 1 is 1.38 bits per heavy atom. The van der Waals surface area contributed by atoms with E-state index in [0.717, 1.165) is 48.6 Å². The van der Waals surface area contributed by atoms with Gasteiger partial charge in [-0.25, -0.2) is 14.7 Å². The third kappa shape index (κ3) is 4.80. The average molecular weight is 471 g/mol. The van der Waals surface area contributed by atoms with Gasteiger partial charge in [0.1, 0.15) is 24.0 Å². The fraction of sp³-hybridized carbons (Fsp3) is 0.562. The molecule has 0 saturated heterocycles. The third-order valence-corrected chi connectivity index (χ3v) is 4.28. The second-order valence-corrected chi connectivity index (χ2v) is 6.19. The smallest absolute Gasteiger partial charge is 0.192 e. The number of nitrogens with one attached hydrogen (secondary N) is 2. The predicted molar refractivity (Wildman–Crippen MR) is 110 cm³/mol. The van der Waals surface area contributed by atoms with Gasteiger partial charge in [0.25, 0.3) is 0 Å². The number of hydrogen-bond acceptors (Lipinski definition) is 5. The molecule has 0 aromatic carbocycles. The molecule has 0 fully saturated rings. The molecule has 142 valence electrons. The van der Waals surface area contributed by atoms with Crippen molar-refractivity contribution in [1.29, 1.82) is 0 Å². The summed E-state index contributed by atoms with van der Waals surface area (Å²) in [6.45, 7) is 9.50. The van der Waals surface area contributed by atoms with E-state index in [1.165, 1.54) is 0 Å². The highest BCUT2D eigenvalue weighted by molar-refractivity contribution is 14.0. The minimum absolute atomic E-state index is 0. The van der Waals surface area contributed by atoms with Gasteiger partial charge < -0.3 is 15.2 Å². The predicted octanol–water partition coefficient (Wildman–Crippen LogP) is 0.878. The normalized spacial score (nSPS) is 16.6. The Morgan fingerprint density at radius 3 is 2.88 bits per heavy atom. The van der Waals surface area contributed by atoms with Gasteiger partial charge in [-0.15, -0.1) is 40.8 Å². The number of hydrogen-bond donors (Lipinski definition) is 2. The summed E-state index contributed by atoms with van der Waals surface area (Å²) in [6, 6.07) is 0.255. The van der Waals surface area contributed by atoms with Crippen LogP contribution >= 0.6 is 24.0 Å². The molecular weight excluding hydrogens is 445 g/mol. The van der Waals surface area contributed by atoms with Gasteiger partial charge in [-0.3, -0.25) is 0 Å². The number of nitrogens with zero attached hydrogens (tertiary/aromatic N) is 7. The van der Waals surface area contributed by atoms with Crippen LogP contribution < -0.4 is 10.6 Å². The summed E-state index contributed by atoms with van der Waals surface area (Å²) >= 11 is 0. The van der Waals surface area contributed by atoms with Crippen LogP contribution in [0.2, 0.25) is 0 Å². The molecule has 3 rings (SSSR count). The van der Waals surface area contributed by atoms with Gasteiger partial charge in [0, 0.05) is 26.1 Å². The van der Waals surface area contributed by atoms with Gasteiger partial charge in [0.2, 0.25) is 0 Å². The summed E-state index contributed by atoms with van der Waals surface area (Å²) in [5.74, 6) is 4.33. The molecule has 2 aromatic rings. The number of fused-ring (bicyclic) bond motifs is 1. The maximum atomic E-state index is 4.64. The fourth-order valence-corrected chi connectivity index (χ4v) is 2.80. The molecule has 10 heteroatoms. The Labute approximate surface area is 170 Å². The zero-order valence-corrected chi connectivity index (χ0v) is 17.8. The van der Waals surface area contributed by atoms with Gasteiger partial charge in [-0.1, -0.05) is 6.08 Å². The summed E-state index contributed by atoms with van der Waals surface area (Å²) in [5.41, 5.74) is 0. The molecule has 2 aromatic heterocycles. The highest BCUT2D eigenvalue weighted by Gasteiger charge is 2.21. The van der Waals surface area contributed by atoms with Crippen LogP contribution in [0.15, 0.2) is 17.6 Å². The highest BCUT2D eigenvalue weighted by Crippen LogP contribution is 2.12. The Hall–Kier alpha value is -1.98. The summed E-state index contributed by atoms with van der Waals surface area (Å²) in [4.78, 5) is 9.09. The lowest BCUT2D eigenvalue weighted by atomic mass is 10.1. The largest absolute Gasteiger partial charge is 0.353 e. The van der Waals surface area contributed by atoms with Crippen LogP contribution in [0.5, 0.6) is 0 Å². The molecule has 0 saturated carbocycles. The zero-order chi connectivity index (χ0) is 17.8. The van der Waals surface area contributed by atoms with Crippen molar-refractivity contribution < 1.29 is 0 Å². The summed E-state index contributed by atoms with van der Waals surface area (Å²) in [7, 11) is 1.94. The highest BCUT2D eigenvalue weighted by atomic mass is 127. The molecule has 1 unspecified atom stereocenters. The average Bonchev–Trinajstić information content (AvgIpc) is 3.12. The number of guanidine groups is 1. The number of halogens is 1. The van der Waals surface area contributed by atoms with E-state index < -0.39 is 0 Å². The Morgan fingerprint density at radius 2 is 2.19 bits per heavy atom. The molecule has 0 spiro atoms. The Bertz CT molecular complexity index is 777. The second-order valence-electron chi connectivity index (χ2n) is 6.19. The quantitative estimate of drug-likeness (QED) is 0.291. The molecular formula is C16H26IN9. The lowest BCUT2D eigenvalue weighted by Gasteiger charge is -2.25. The minimum atomic E-state index is 0. The van der Waals surface area contributed by atoms with Gasteiger partial charge in [0.15, 0.2) is 11.8 Å². The Kier molecular flexibility index (Phi) is 7.12. The molecule has 26 heavy (non-hydrogen) atoms. The van der Waals surface area contributed by atoms with Crippen molar-refractivity contribution >= 4 is 29.9 Å². The van der Waals surface area contributed by atoms with Crippen LogP contribution in [0.25, 0.3) is 0 Å². The molecule has 0 aliphatic carbocycles. The van der Waals surface area contributed by atoms with Crippen molar-refractivity contribution in [3.63, 3.8) is 0 Å². The Balaban J connectivity index is 0.00000243. The first-order valence-electron chi connectivity index (χ1n) is 8.47. The van der Waals surface area contributed by atoms with Crippen molar-refractivity contribution in [2.75, 3.05) is 6.54 Å². The van der Waals surface area contributed by atoms with E-state index in [9.17, 15) is 0 Å². The van der Waals surface area contributed by atoms with E-state index in [1.54, 1.807) is 0 Å². The van der Waals surface area contributed by atoms with Crippen molar-refractivity contribution in [1.82, 2.24) is 40.2 Å². The number of rotatable bonds is 5. The number of aryl methyl sites for hydroxylation is 3. The maximum absolute atomic E-state index is 4.64. The topological polar surface area (TPSA) is 97.8 Å². The van der Waals surface area contributed by atoms with E-state index in [2.05, 4.69) is 42.5 Å². The lowest BCUT2D eigenvalue weighted by molar-refractivity contribution is 0.392.